The standard InChI is InChI=1S/C18H22N2O3/c1-13(19-18(22)15-7-5-4-6-8-15)11-17(21)20(3)12-16-10-9-14(2)23-16/h4-10,13H,11-12H2,1-3H3,(H,19,22)/t13-/m1/s1. The van der Waals surface area contributed by atoms with E-state index >= 15 is 0 Å². The zero-order valence-corrected chi connectivity index (χ0v) is 13.7. The second kappa shape index (κ2) is 7.63. The fraction of sp³-hybridized carbons (Fsp3) is 0.333. The van der Waals surface area contributed by atoms with Crippen LogP contribution in [0.5, 0.6) is 0 Å². The summed E-state index contributed by atoms with van der Waals surface area (Å²) in [5, 5.41) is 2.84. The summed E-state index contributed by atoms with van der Waals surface area (Å²) in [6.07, 6.45) is 0.245. The summed E-state index contributed by atoms with van der Waals surface area (Å²) < 4.78 is 5.47. The van der Waals surface area contributed by atoms with E-state index in [1.807, 2.05) is 44.2 Å². The van der Waals surface area contributed by atoms with Gasteiger partial charge in [-0.05, 0) is 38.1 Å². The third-order valence-electron chi connectivity index (χ3n) is 3.51. The molecule has 0 saturated carbocycles. The third kappa shape index (κ3) is 4.98. The van der Waals surface area contributed by atoms with Crippen LogP contribution in [-0.4, -0.2) is 29.8 Å². The minimum absolute atomic E-state index is 0.0417. The Morgan fingerprint density at radius 2 is 1.87 bits per heavy atom. The highest BCUT2D eigenvalue weighted by Crippen LogP contribution is 2.10. The summed E-state index contributed by atoms with van der Waals surface area (Å²) in [5.74, 6) is 1.36. The number of hydrogen-bond donors (Lipinski definition) is 1. The zero-order chi connectivity index (χ0) is 16.8. The predicted octanol–water partition coefficient (Wildman–Crippen LogP) is 2.76. The van der Waals surface area contributed by atoms with Crippen molar-refractivity contribution in [2.24, 2.45) is 0 Å². The molecule has 0 saturated heterocycles. The molecule has 1 atom stereocenters. The van der Waals surface area contributed by atoms with Crippen molar-refractivity contribution >= 4 is 11.8 Å². The van der Waals surface area contributed by atoms with E-state index in [-0.39, 0.29) is 24.3 Å². The Morgan fingerprint density at radius 1 is 1.17 bits per heavy atom. The van der Waals surface area contributed by atoms with Crippen molar-refractivity contribution < 1.29 is 14.0 Å². The highest BCUT2D eigenvalue weighted by molar-refractivity contribution is 5.94. The van der Waals surface area contributed by atoms with Crippen molar-refractivity contribution in [3.05, 3.63) is 59.5 Å². The van der Waals surface area contributed by atoms with Gasteiger partial charge in [0, 0.05) is 25.1 Å². The molecule has 0 bridgehead atoms. The molecule has 2 aromatic rings. The maximum Gasteiger partial charge on any atom is 0.251 e. The van der Waals surface area contributed by atoms with Crippen LogP contribution < -0.4 is 5.32 Å². The molecule has 1 heterocycles. The van der Waals surface area contributed by atoms with Gasteiger partial charge in [-0.1, -0.05) is 18.2 Å². The number of hydrogen-bond acceptors (Lipinski definition) is 3. The van der Waals surface area contributed by atoms with Gasteiger partial charge in [0.25, 0.3) is 5.91 Å². The van der Waals surface area contributed by atoms with Gasteiger partial charge in [-0.2, -0.15) is 0 Å². The number of furan rings is 1. The summed E-state index contributed by atoms with van der Waals surface area (Å²) in [6, 6.07) is 12.5. The molecule has 2 amide bonds. The van der Waals surface area contributed by atoms with Gasteiger partial charge in [0.1, 0.15) is 11.5 Å². The smallest absolute Gasteiger partial charge is 0.251 e. The molecule has 2 rings (SSSR count). The molecule has 23 heavy (non-hydrogen) atoms. The number of carbonyl (C=O) groups excluding carboxylic acids is 2. The minimum atomic E-state index is -0.240. The van der Waals surface area contributed by atoms with Crippen molar-refractivity contribution in [2.45, 2.75) is 32.9 Å². The Balaban J connectivity index is 1.83. The van der Waals surface area contributed by atoms with E-state index in [2.05, 4.69) is 5.32 Å². The van der Waals surface area contributed by atoms with Gasteiger partial charge in [-0.15, -0.1) is 0 Å². The van der Waals surface area contributed by atoms with Crippen molar-refractivity contribution in [3.63, 3.8) is 0 Å². The fourth-order valence-corrected chi connectivity index (χ4v) is 2.26. The van der Waals surface area contributed by atoms with Crippen LogP contribution in [0.2, 0.25) is 0 Å². The maximum absolute atomic E-state index is 12.2. The first-order valence-electron chi connectivity index (χ1n) is 7.61. The predicted molar refractivity (Wildman–Crippen MR) is 87.9 cm³/mol. The van der Waals surface area contributed by atoms with Gasteiger partial charge in [0.05, 0.1) is 6.54 Å². The molecule has 5 heteroatoms. The molecule has 0 radical (unpaired) electrons. The summed E-state index contributed by atoms with van der Waals surface area (Å²) >= 11 is 0. The molecule has 5 nitrogen and oxygen atoms in total. The SMILES string of the molecule is Cc1ccc(CN(C)C(=O)C[C@@H](C)NC(=O)c2ccccc2)o1. The number of aryl methyl sites for hydroxylation is 1. The molecule has 0 aliphatic rings. The van der Waals surface area contributed by atoms with Crippen LogP contribution >= 0.6 is 0 Å². The minimum Gasteiger partial charge on any atom is -0.464 e. The number of nitrogens with zero attached hydrogens (tertiary/aromatic N) is 1. The average molecular weight is 314 g/mol. The summed E-state index contributed by atoms with van der Waals surface area (Å²) in [5.41, 5.74) is 0.589. The first-order valence-corrected chi connectivity index (χ1v) is 7.61. The van der Waals surface area contributed by atoms with E-state index in [0.29, 0.717) is 12.1 Å². The fourth-order valence-electron chi connectivity index (χ4n) is 2.26. The molecule has 0 aliphatic carbocycles. The zero-order valence-electron chi connectivity index (χ0n) is 13.7. The Hall–Kier alpha value is -2.56. The van der Waals surface area contributed by atoms with Crippen LogP contribution in [0.3, 0.4) is 0 Å². The molecule has 1 aromatic heterocycles. The van der Waals surface area contributed by atoms with Gasteiger partial charge in [-0.3, -0.25) is 9.59 Å². The van der Waals surface area contributed by atoms with Gasteiger partial charge < -0.3 is 14.6 Å². The lowest BCUT2D eigenvalue weighted by atomic mass is 10.1. The number of amides is 2. The largest absolute Gasteiger partial charge is 0.464 e. The van der Waals surface area contributed by atoms with Crippen LogP contribution in [-0.2, 0) is 11.3 Å². The molecular formula is C18H22N2O3. The highest BCUT2D eigenvalue weighted by atomic mass is 16.3. The second-order valence-corrected chi connectivity index (χ2v) is 5.71. The van der Waals surface area contributed by atoms with Gasteiger partial charge >= 0.3 is 0 Å². The second-order valence-electron chi connectivity index (χ2n) is 5.71. The maximum atomic E-state index is 12.2. The highest BCUT2D eigenvalue weighted by Gasteiger charge is 2.17. The van der Waals surface area contributed by atoms with E-state index in [1.54, 1.807) is 24.1 Å². The lowest BCUT2D eigenvalue weighted by molar-refractivity contribution is -0.131. The van der Waals surface area contributed by atoms with Crippen LogP contribution in [0.4, 0.5) is 0 Å². The van der Waals surface area contributed by atoms with Crippen molar-refractivity contribution in [1.29, 1.82) is 0 Å². The van der Waals surface area contributed by atoms with Crippen molar-refractivity contribution in [3.8, 4) is 0 Å². The Bertz CT molecular complexity index is 664. The van der Waals surface area contributed by atoms with E-state index in [1.165, 1.54) is 0 Å². The van der Waals surface area contributed by atoms with E-state index in [0.717, 1.165) is 11.5 Å². The molecule has 122 valence electrons. The average Bonchev–Trinajstić information content (AvgIpc) is 2.93. The topological polar surface area (TPSA) is 62.6 Å². The van der Waals surface area contributed by atoms with Gasteiger partial charge in [0.2, 0.25) is 5.91 Å². The normalized spacial score (nSPS) is 11.8. The van der Waals surface area contributed by atoms with E-state index in [9.17, 15) is 9.59 Å². The van der Waals surface area contributed by atoms with Crippen LogP contribution in [0.1, 0.15) is 35.2 Å². The summed E-state index contributed by atoms with van der Waals surface area (Å²) in [7, 11) is 1.73. The Labute approximate surface area is 136 Å². The molecule has 0 fully saturated rings. The van der Waals surface area contributed by atoms with E-state index < -0.39 is 0 Å². The lowest BCUT2D eigenvalue weighted by Crippen LogP contribution is -2.37. The summed E-state index contributed by atoms with van der Waals surface area (Å²) in [4.78, 5) is 25.9. The molecule has 0 spiro atoms. The van der Waals surface area contributed by atoms with Crippen LogP contribution in [0, 0.1) is 6.92 Å². The Morgan fingerprint density at radius 3 is 2.48 bits per heavy atom. The summed E-state index contributed by atoms with van der Waals surface area (Å²) in [6.45, 7) is 4.11. The first-order chi connectivity index (χ1) is 11.0. The molecule has 1 N–H and O–H groups in total. The van der Waals surface area contributed by atoms with Crippen molar-refractivity contribution in [2.75, 3.05) is 7.05 Å². The van der Waals surface area contributed by atoms with Gasteiger partial charge in [0.15, 0.2) is 0 Å². The van der Waals surface area contributed by atoms with Crippen LogP contribution in [0.15, 0.2) is 46.9 Å². The van der Waals surface area contributed by atoms with Crippen molar-refractivity contribution in [1.82, 2.24) is 10.2 Å². The third-order valence-corrected chi connectivity index (χ3v) is 3.51. The Kier molecular flexibility index (Phi) is 5.57. The van der Waals surface area contributed by atoms with Crippen LogP contribution in [0.25, 0.3) is 0 Å². The number of benzene rings is 1. The lowest BCUT2D eigenvalue weighted by Gasteiger charge is -2.19. The molecule has 1 aromatic carbocycles. The number of carbonyl (C=O) groups is 2. The number of nitrogens with one attached hydrogen (secondary N) is 1. The first kappa shape index (κ1) is 16.8. The van der Waals surface area contributed by atoms with Gasteiger partial charge in [-0.25, -0.2) is 0 Å². The molecule has 0 unspecified atom stereocenters. The van der Waals surface area contributed by atoms with E-state index in [4.69, 9.17) is 4.42 Å². The monoisotopic (exact) mass is 314 g/mol. The quantitative estimate of drug-likeness (QED) is 0.892. The number of rotatable bonds is 6. The molecular weight excluding hydrogens is 292 g/mol. The molecule has 0 aliphatic heterocycles.